The Morgan fingerprint density at radius 2 is 1.38 bits per heavy atom. The molecule has 0 atom stereocenters. The van der Waals surface area contributed by atoms with E-state index in [0.29, 0.717) is 18.2 Å². The standard InChI is InChI=1S/C16H28N2O2S/c1-3-5-6-7-8-9-10-11-12-18-15(20)13-14(19)17(4-2)16(18)21/h3-13H2,1-2H3. The van der Waals surface area contributed by atoms with Gasteiger partial charge < -0.3 is 0 Å². The average molecular weight is 312 g/mol. The number of amides is 2. The van der Waals surface area contributed by atoms with Crippen LogP contribution in [0.5, 0.6) is 0 Å². The molecule has 0 aromatic rings. The number of carbonyl (C=O) groups excluding carboxylic acids is 2. The fourth-order valence-corrected chi connectivity index (χ4v) is 3.04. The van der Waals surface area contributed by atoms with Gasteiger partial charge in [0.25, 0.3) is 0 Å². The van der Waals surface area contributed by atoms with Crippen molar-refractivity contribution < 1.29 is 9.59 Å². The van der Waals surface area contributed by atoms with E-state index in [1.165, 1.54) is 43.4 Å². The van der Waals surface area contributed by atoms with E-state index in [9.17, 15) is 9.59 Å². The maximum atomic E-state index is 11.9. The molecule has 1 fully saturated rings. The number of rotatable bonds is 10. The molecule has 1 aliphatic heterocycles. The Morgan fingerprint density at radius 1 is 0.857 bits per heavy atom. The highest BCUT2D eigenvalue weighted by molar-refractivity contribution is 7.80. The number of unbranched alkanes of at least 4 members (excludes halogenated alkanes) is 7. The van der Waals surface area contributed by atoms with Gasteiger partial charge in [0, 0.05) is 13.1 Å². The van der Waals surface area contributed by atoms with E-state index in [1.807, 2.05) is 6.92 Å². The summed E-state index contributed by atoms with van der Waals surface area (Å²) in [6.07, 6.45) is 9.80. The molecule has 0 aliphatic carbocycles. The van der Waals surface area contributed by atoms with E-state index in [-0.39, 0.29) is 18.2 Å². The summed E-state index contributed by atoms with van der Waals surface area (Å²) in [5.41, 5.74) is 0. The molecule has 0 bridgehead atoms. The molecule has 0 N–H and O–H groups in total. The number of nitrogens with zero attached hydrogens (tertiary/aromatic N) is 2. The van der Waals surface area contributed by atoms with E-state index >= 15 is 0 Å². The Bertz CT molecular complexity index is 371. The van der Waals surface area contributed by atoms with Gasteiger partial charge in [0.05, 0.1) is 0 Å². The summed E-state index contributed by atoms with van der Waals surface area (Å²) in [6.45, 7) is 5.30. The molecule has 120 valence electrons. The summed E-state index contributed by atoms with van der Waals surface area (Å²) >= 11 is 5.26. The van der Waals surface area contributed by atoms with Crippen LogP contribution in [0, 0.1) is 0 Å². The van der Waals surface area contributed by atoms with Gasteiger partial charge in [-0.25, -0.2) is 0 Å². The second kappa shape index (κ2) is 9.87. The summed E-state index contributed by atoms with van der Waals surface area (Å²) in [6, 6.07) is 0. The van der Waals surface area contributed by atoms with Gasteiger partial charge in [-0.1, -0.05) is 51.9 Å². The van der Waals surface area contributed by atoms with Gasteiger partial charge in [-0.3, -0.25) is 19.4 Å². The van der Waals surface area contributed by atoms with Gasteiger partial charge in [0.15, 0.2) is 5.11 Å². The number of hydrogen-bond donors (Lipinski definition) is 0. The largest absolute Gasteiger partial charge is 0.289 e. The predicted octanol–water partition coefficient (Wildman–Crippen LogP) is 3.49. The molecule has 0 aromatic carbocycles. The molecule has 1 heterocycles. The maximum Gasteiger partial charge on any atom is 0.238 e. The molecular weight excluding hydrogens is 284 g/mol. The maximum absolute atomic E-state index is 11.9. The first kappa shape index (κ1) is 18.1. The SMILES string of the molecule is CCCCCCCCCCN1C(=O)CC(=O)N(CC)C1=S. The smallest absolute Gasteiger partial charge is 0.238 e. The van der Waals surface area contributed by atoms with Crippen molar-refractivity contribution >= 4 is 29.1 Å². The molecule has 5 heteroatoms. The third kappa shape index (κ3) is 5.73. The molecule has 0 saturated carbocycles. The zero-order valence-electron chi connectivity index (χ0n) is 13.4. The molecule has 4 nitrogen and oxygen atoms in total. The van der Waals surface area contributed by atoms with E-state index in [2.05, 4.69) is 6.92 Å². The third-order valence-electron chi connectivity index (χ3n) is 3.92. The van der Waals surface area contributed by atoms with Crippen molar-refractivity contribution in [3.05, 3.63) is 0 Å². The Labute approximate surface area is 133 Å². The van der Waals surface area contributed by atoms with Crippen molar-refractivity contribution in [2.45, 2.75) is 71.6 Å². The normalized spacial score (nSPS) is 16.0. The first-order valence-electron chi connectivity index (χ1n) is 8.26. The summed E-state index contributed by atoms with van der Waals surface area (Å²) in [7, 11) is 0. The quantitative estimate of drug-likeness (QED) is 0.352. The minimum atomic E-state index is -0.167. The first-order chi connectivity index (χ1) is 10.1. The molecular formula is C16H28N2O2S. The van der Waals surface area contributed by atoms with Crippen LogP contribution in [0.1, 0.15) is 71.6 Å². The van der Waals surface area contributed by atoms with E-state index in [1.54, 1.807) is 4.90 Å². The Balaban J connectivity index is 2.23. The summed E-state index contributed by atoms with van der Waals surface area (Å²) in [5.74, 6) is -0.308. The number of carbonyl (C=O) groups is 2. The van der Waals surface area contributed by atoms with Crippen molar-refractivity contribution in [3.63, 3.8) is 0 Å². The molecule has 1 rings (SSSR count). The second-order valence-electron chi connectivity index (χ2n) is 5.62. The lowest BCUT2D eigenvalue weighted by molar-refractivity contribution is -0.140. The zero-order chi connectivity index (χ0) is 15.7. The van der Waals surface area contributed by atoms with E-state index in [0.717, 1.165) is 12.8 Å². The van der Waals surface area contributed by atoms with Crippen molar-refractivity contribution in [2.75, 3.05) is 13.1 Å². The van der Waals surface area contributed by atoms with Crippen LogP contribution in [0.25, 0.3) is 0 Å². The van der Waals surface area contributed by atoms with Crippen LogP contribution in [0.2, 0.25) is 0 Å². The molecule has 0 radical (unpaired) electrons. The molecule has 0 unspecified atom stereocenters. The monoisotopic (exact) mass is 312 g/mol. The Morgan fingerprint density at radius 3 is 1.95 bits per heavy atom. The highest BCUT2D eigenvalue weighted by Crippen LogP contribution is 2.14. The average Bonchev–Trinajstić information content (AvgIpc) is 2.45. The van der Waals surface area contributed by atoms with Crippen LogP contribution in [-0.4, -0.2) is 39.8 Å². The van der Waals surface area contributed by atoms with Gasteiger partial charge in [-0.2, -0.15) is 0 Å². The molecule has 1 saturated heterocycles. The minimum Gasteiger partial charge on any atom is -0.289 e. The minimum absolute atomic E-state index is 0.0367. The molecule has 0 spiro atoms. The van der Waals surface area contributed by atoms with Crippen LogP contribution in [-0.2, 0) is 9.59 Å². The fraction of sp³-hybridized carbons (Fsp3) is 0.812. The summed E-state index contributed by atoms with van der Waals surface area (Å²) in [5, 5.41) is 0.390. The number of thiocarbonyl (C=S) groups is 1. The summed E-state index contributed by atoms with van der Waals surface area (Å²) < 4.78 is 0. The lowest BCUT2D eigenvalue weighted by Crippen LogP contribution is -2.54. The van der Waals surface area contributed by atoms with Crippen molar-refractivity contribution in [1.82, 2.24) is 9.80 Å². The predicted molar refractivity (Wildman–Crippen MR) is 88.9 cm³/mol. The van der Waals surface area contributed by atoms with Gasteiger partial charge in [0.1, 0.15) is 6.42 Å². The van der Waals surface area contributed by atoms with Gasteiger partial charge in [-0.05, 0) is 25.6 Å². The fourth-order valence-electron chi connectivity index (χ4n) is 2.62. The van der Waals surface area contributed by atoms with Crippen LogP contribution in [0.15, 0.2) is 0 Å². The molecule has 0 aromatic heterocycles. The second-order valence-corrected chi connectivity index (χ2v) is 5.98. The highest BCUT2D eigenvalue weighted by Gasteiger charge is 2.33. The Kier molecular flexibility index (Phi) is 8.50. The van der Waals surface area contributed by atoms with Crippen LogP contribution < -0.4 is 0 Å². The van der Waals surface area contributed by atoms with Gasteiger partial charge in [-0.15, -0.1) is 0 Å². The van der Waals surface area contributed by atoms with E-state index in [4.69, 9.17) is 12.2 Å². The van der Waals surface area contributed by atoms with Gasteiger partial charge >= 0.3 is 0 Å². The zero-order valence-corrected chi connectivity index (χ0v) is 14.2. The highest BCUT2D eigenvalue weighted by atomic mass is 32.1. The summed E-state index contributed by atoms with van der Waals surface area (Å²) in [4.78, 5) is 26.7. The van der Waals surface area contributed by atoms with Crippen molar-refractivity contribution in [1.29, 1.82) is 0 Å². The van der Waals surface area contributed by atoms with Crippen molar-refractivity contribution in [2.24, 2.45) is 0 Å². The van der Waals surface area contributed by atoms with Crippen LogP contribution in [0.4, 0.5) is 0 Å². The van der Waals surface area contributed by atoms with Crippen LogP contribution in [0.3, 0.4) is 0 Å². The van der Waals surface area contributed by atoms with Crippen molar-refractivity contribution in [3.8, 4) is 0 Å². The number of hydrogen-bond acceptors (Lipinski definition) is 3. The first-order valence-corrected chi connectivity index (χ1v) is 8.67. The molecule has 21 heavy (non-hydrogen) atoms. The lowest BCUT2D eigenvalue weighted by Gasteiger charge is -2.34. The Hall–Kier alpha value is -0.970. The van der Waals surface area contributed by atoms with Gasteiger partial charge in [0.2, 0.25) is 11.8 Å². The third-order valence-corrected chi connectivity index (χ3v) is 4.36. The topological polar surface area (TPSA) is 40.6 Å². The lowest BCUT2D eigenvalue weighted by atomic mass is 10.1. The molecule has 2 amide bonds. The van der Waals surface area contributed by atoms with Crippen LogP contribution >= 0.6 is 12.2 Å². The molecule has 1 aliphatic rings. The van der Waals surface area contributed by atoms with E-state index < -0.39 is 0 Å².